The van der Waals surface area contributed by atoms with Gasteiger partial charge in [0.2, 0.25) is 6.10 Å². The number of hydrogen-bond donors (Lipinski definition) is 2. The average Bonchev–Trinajstić information content (AvgIpc) is 2.65. The number of para-hydroxylation sites is 3. The van der Waals surface area contributed by atoms with Gasteiger partial charge in [-0.05, 0) is 24.3 Å². The summed E-state index contributed by atoms with van der Waals surface area (Å²) < 4.78 is 29.3. The number of hydrazine groups is 1. The molecule has 0 saturated carbocycles. The molecule has 1 aliphatic rings. The van der Waals surface area contributed by atoms with Gasteiger partial charge in [-0.2, -0.15) is 0 Å². The first-order valence-electron chi connectivity index (χ1n) is 7.48. The molecule has 0 aliphatic carbocycles. The first-order chi connectivity index (χ1) is 12.1. The van der Waals surface area contributed by atoms with Crippen molar-refractivity contribution in [1.29, 1.82) is 0 Å². The maximum atomic E-state index is 13.4. The lowest BCUT2D eigenvalue weighted by atomic mass is 10.2. The molecule has 0 bridgehead atoms. The molecular formula is C17H15FN2O5. The highest BCUT2D eigenvalue weighted by Crippen LogP contribution is 2.30. The van der Waals surface area contributed by atoms with Crippen molar-refractivity contribution in [2.45, 2.75) is 6.10 Å². The number of rotatable bonds is 4. The fourth-order valence-electron chi connectivity index (χ4n) is 2.10. The van der Waals surface area contributed by atoms with E-state index in [4.69, 9.17) is 14.2 Å². The Hall–Kier alpha value is -3.29. The first-order valence-corrected chi connectivity index (χ1v) is 7.48. The van der Waals surface area contributed by atoms with E-state index in [1.165, 1.54) is 18.2 Å². The zero-order chi connectivity index (χ0) is 17.6. The van der Waals surface area contributed by atoms with Gasteiger partial charge in [-0.15, -0.1) is 0 Å². The average molecular weight is 346 g/mol. The van der Waals surface area contributed by atoms with Crippen LogP contribution in [0.4, 0.5) is 4.39 Å². The highest BCUT2D eigenvalue weighted by atomic mass is 19.1. The summed E-state index contributed by atoms with van der Waals surface area (Å²) in [6.07, 6.45) is -0.900. The van der Waals surface area contributed by atoms with Crippen LogP contribution in [-0.4, -0.2) is 31.1 Å². The number of carbonyl (C=O) groups excluding carboxylic acids is 2. The van der Waals surface area contributed by atoms with Gasteiger partial charge in [-0.1, -0.05) is 24.3 Å². The molecule has 1 atom stereocenters. The summed E-state index contributed by atoms with van der Waals surface area (Å²) in [4.78, 5) is 23.7. The molecule has 2 amide bonds. The SMILES string of the molecule is O=C(COc1ccccc1F)NNC(=O)[C@H]1COc2ccccc2O1. The van der Waals surface area contributed by atoms with Gasteiger partial charge >= 0.3 is 0 Å². The summed E-state index contributed by atoms with van der Waals surface area (Å²) in [6.45, 7) is -0.434. The maximum Gasteiger partial charge on any atom is 0.283 e. The van der Waals surface area contributed by atoms with Gasteiger partial charge in [0.05, 0.1) is 0 Å². The van der Waals surface area contributed by atoms with Crippen LogP contribution < -0.4 is 25.1 Å². The summed E-state index contributed by atoms with van der Waals surface area (Å²) in [5, 5.41) is 0. The van der Waals surface area contributed by atoms with Crippen LogP contribution in [0.25, 0.3) is 0 Å². The molecule has 8 heteroatoms. The molecule has 2 aromatic rings. The molecule has 130 valence electrons. The fraction of sp³-hybridized carbons (Fsp3) is 0.176. The Morgan fingerprint density at radius 1 is 1.08 bits per heavy atom. The van der Waals surface area contributed by atoms with Crippen molar-refractivity contribution in [3.63, 3.8) is 0 Å². The second kappa shape index (κ2) is 7.52. The topological polar surface area (TPSA) is 85.9 Å². The molecule has 2 N–H and O–H groups in total. The van der Waals surface area contributed by atoms with Crippen LogP contribution in [0, 0.1) is 5.82 Å². The zero-order valence-electron chi connectivity index (χ0n) is 13.0. The number of halogens is 1. The third-order valence-electron chi connectivity index (χ3n) is 3.32. The lowest BCUT2D eigenvalue weighted by molar-refractivity contribution is -0.135. The van der Waals surface area contributed by atoms with Crippen LogP contribution in [0.2, 0.25) is 0 Å². The molecule has 3 rings (SSSR count). The number of benzene rings is 2. The standard InChI is InChI=1S/C17H15FN2O5/c18-11-5-1-2-6-12(11)24-10-16(21)19-20-17(22)15-9-23-13-7-3-4-8-14(13)25-15/h1-8,15H,9-10H2,(H,19,21)(H,20,22)/t15-/m1/s1. The number of ether oxygens (including phenoxy) is 3. The number of carbonyl (C=O) groups is 2. The minimum atomic E-state index is -0.900. The second-order valence-corrected chi connectivity index (χ2v) is 5.12. The predicted molar refractivity (Wildman–Crippen MR) is 84.5 cm³/mol. The van der Waals surface area contributed by atoms with Gasteiger partial charge in [-0.25, -0.2) is 4.39 Å². The van der Waals surface area contributed by atoms with Crippen LogP contribution in [0.15, 0.2) is 48.5 Å². The summed E-state index contributed by atoms with van der Waals surface area (Å²) in [5.41, 5.74) is 4.39. The van der Waals surface area contributed by atoms with Crippen molar-refractivity contribution in [3.8, 4) is 17.2 Å². The Kier molecular flexibility index (Phi) is 4.98. The number of fused-ring (bicyclic) bond motifs is 1. The molecule has 1 aliphatic heterocycles. The van der Waals surface area contributed by atoms with Crippen molar-refractivity contribution < 1.29 is 28.2 Å². The smallest absolute Gasteiger partial charge is 0.283 e. The van der Waals surface area contributed by atoms with E-state index in [9.17, 15) is 14.0 Å². The van der Waals surface area contributed by atoms with E-state index in [0.29, 0.717) is 11.5 Å². The Labute approximate surface area is 142 Å². The largest absolute Gasteiger partial charge is 0.485 e. The number of amides is 2. The summed E-state index contributed by atoms with van der Waals surface area (Å²) in [6, 6.07) is 12.6. The Morgan fingerprint density at radius 2 is 1.80 bits per heavy atom. The molecular weight excluding hydrogens is 331 g/mol. The molecule has 0 spiro atoms. The highest BCUT2D eigenvalue weighted by molar-refractivity contribution is 5.85. The molecule has 0 radical (unpaired) electrons. The molecule has 1 heterocycles. The molecule has 0 aromatic heterocycles. The van der Waals surface area contributed by atoms with Crippen LogP contribution >= 0.6 is 0 Å². The second-order valence-electron chi connectivity index (χ2n) is 5.12. The van der Waals surface area contributed by atoms with E-state index in [-0.39, 0.29) is 12.4 Å². The van der Waals surface area contributed by atoms with Gasteiger partial charge in [0.15, 0.2) is 29.7 Å². The van der Waals surface area contributed by atoms with Gasteiger partial charge in [-0.3, -0.25) is 20.4 Å². The van der Waals surface area contributed by atoms with Crippen molar-refractivity contribution in [3.05, 3.63) is 54.3 Å². The molecule has 25 heavy (non-hydrogen) atoms. The first kappa shape index (κ1) is 16.6. The Balaban J connectivity index is 1.45. The van der Waals surface area contributed by atoms with Crippen LogP contribution in [0.5, 0.6) is 17.2 Å². The summed E-state index contributed by atoms with van der Waals surface area (Å²) >= 11 is 0. The van der Waals surface area contributed by atoms with E-state index in [0.717, 1.165) is 0 Å². The Morgan fingerprint density at radius 3 is 2.60 bits per heavy atom. The molecule has 7 nitrogen and oxygen atoms in total. The van der Waals surface area contributed by atoms with Crippen molar-refractivity contribution >= 4 is 11.8 Å². The van der Waals surface area contributed by atoms with Gasteiger partial charge < -0.3 is 14.2 Å². The van der Waals surface area contributed by atoms with Gasteiger partial charge in [0, 0.05) is 0 Å². The van der Waals surface area contributed by atoms with E-state index < -0.39 is 30.3 Å². The van der Waals surface area contributed by atoms with Gasteiger partial charge in [0.1, 0.15) is 6.61 Å². The number of nitrogens with one attached hydrogen (secondary N) is 2. The molecule has 0 unspecified atom stereocenters. The minimum Gasteiger partial charge on any atom is -0.485 e. The molecule has 0 saturated heterocycles. The van der Waals surface area contributed by atoms with Crippen LogP contribution in [0.3, 0.4) is 0 Å². The van der Waals surface area contributed by atoms with E-state index in [1.807, 2.05) is 0 Å². The van der Waals surface area contributed by atoms with E-state index >= 15 is 0 Å². The number of hydrogen-bond acceptors (Lipinski definition) is 5. The van der Waals surface area contributed by atoms with Crippen molar-refractivity contribution in [1.82, 2.24) is 10.9 Å². The minimum absolute atomic E-state index is 0.0183. The third kappa shape index (κ3) is 4.17. The summed E-state index contributed by atoms with van der Waals surface area (Å²) in [5.74, 6) is -0.852. The molecule has 2 aromatic carbocycles. The van der Waals surface area contributed by atoms with Crippen molar-refractivity contribution in [2.24, 2.45) is 0 Å². The van der Waals surface area contributed by atoms with E-state index in [2.05, 4.69) is 10.9 Å². The third-order valence-corrected chi connectivity index (χ3v) is 3.32. The van der Waals surface area contributed by atoms with Crippen LogP contribution in [0.1, 0.15) is 0 Å². The quantitative estimate of drug-likeness (QED) is 0.813. The van der Waals surface area contributed by atoms with Crippen molar-refractivity contribution in [2.75, 3.05) is 13.2 Å². The lowest BCUT2D eigenvalue weighted by Crippen LogP contribution is -2.51. The monoisotopic (exact) mass is 346 g/mol. The molecule has 0 fully saturated rings. The van der Waals surface area contributed by atoms with Crippen LogP contribution in [-0.2, 0) is 9.59 Å². The summed E-state index contributed by atoms with van der Waals surface area (Å²) in [7, 11) is 0. The fourth-order valence-corrected chi connectivity index (χ4v) is 2.10. The van der Waals surface area contributed by atoms with Gasteiger partial charge in [0.25, 0.3) is 11.8 Å². The highest BCUT2D eigenvalue weighted by Gasteiger charge is 2.27. The van der Waals surface area contributed by atoms with E-state index in [1.54, 1.807) is 30.3 Å². The normalized spacial score (nSPS) is 15.2. The zero-order valence-corrected chi connectivity index (χ0v) is 13.0. The predicted octanol–water partition coefficient (Wildman–Crippen LogP) is 1.19. The maximum absolute atomic E-state index is 13.4. The Bertz CT molecular complexity index is 783. The lowest BCUT2D eigenvalue weighted by Gasteiger charge is -2.25.